The second-order valence-corrected chi connectivity index (χ2v) is 4.84. The largest absolute Gasteiger partial charge is 0.494 e. The first-order chi connectivity index (χ1) is 11.9. The summed E-state index contributed by atoms with van der Waals surface area (Å²) in [4.78, 5) is 33.5. The number of nitro groups is 1. The number of nitro benzene ring substituents is 1. The highest BCUT2D eigenvalue weighted by Gasteiger charge is 2.15. The number of nitrogens with zero attached hydrogens (tertiary/aromatic N) is 1. The Labute approximate surface area is 142 Å². The molecule has 0 aliphatic carbocycles. The van der Waals surface area contributed by atoms with E-state index in [2.05, 4.69) is 5.32 Å². The summed E-state index contributed by atoms with van der Waals surface area (Å²) in [6.07, 6.45) is 0. The van der Waals surface area contributed by atoms with Crippen LogP contribution in [0.2, 0.25) is 0 Å². The van der Waals surface area contributed by atoms with Crippen LogP contribution >= 0.6 is 0 Å². The number of methoxy groups -OCH3 is 1. The van der Waals surface area contributed by atoms with Gasteiger partial charge in [-0.15, -0.1) is 0 Å². The molecule has 0 unspecified atom stereocenters. The van der Waals surface area contributed by atoms with Crippen LogP contribution < -0.4 is 20.5 Å². The first-order valence-electron chi connectivity index (χ1n) is 7.06. The zero-order valence-corrected chi connectivity index (χ0v) is 13.2. The highest BCUT2D eigenvalue weighted by atomic mass is 16.6. The molecule has 2 aromatic rings. The Morgan fingerprint density at radius 3 is 2.56 bits per heavy atom. The number of nitrogens with one attached hydrogen (secondary N) is 1. The summed E-state index contributed by atoms with van der Waals surface area (Å²) < 4.78 is 10.3. The second kappa shape index (κ2) is 7.77. The minimum Gasteiger partial charge on any atom is -0.494 e. The van der Waals surface area contributed by atoms with Gasteiger partial charge in [0.1, 0.15) is 11.5 Å². The molecule has 2 rings (SSSR count). The van der Waals surface area contributed by atoms with Crippen molar-refractivity contribution in [2.24, 2.45) is 5.73 Å². The van der Waals surface area contributed by atoms with Crippen molar-refractivity contribution in [3.8, 4) is 11.5 Å². The number of hydrogen-bond acceptors (Lipinski definition) is 6. The van der Waals surface area contributed by atoms with Crippen molar-refractivity contribution in [2.45, 2.75) is 0 Å². The van der Waals surface area contributed by atoms with Crippen LogP contribution in [0.15, 0.2) is 42.5 Å². The zero-order valence-electron chi connectivity index (χ0n) is 13.2. The number of para-hydroxylation sites is 1. The third kappa shape index (κ3) is 4.44. The lowest BCUT2D eigenvalue weighted by molar-refractivity contribution is -0.384. The van der Waals surface area contributed by atoms with Crippen molar-refractivity contribution in [1.29, 1.82) is 0 Å². The average Bonchev–Trinajstić information content (AvgIpc) is 2.60. The summed E-state index contributed by atoms with van der Waals surface area (Å²) in [5.74, 6) is -0.889. The quantitative estimate of drug-likeness (QED) is 0.579. The van der Waals surface area contributed by atoms with Gasteiger partial charge in [-0.3, -0.25) is 19.7 Å². The van der Waals surface area contributed by atoms with Crippen molar-refractivity contribution in [2.75, 3.05) is 19.0 Å². The van der Waals surface area contributed by atoms with E-state index in [9.17, 15) is 19.7 Å². The SMILES string of the molecule is COc1cc([N+](=O)[O-])ccc1NC(=O)COc1ccccc1C(N)=O. The molecule has 0 aliphatic rings. The van der Waals surface area contributed by atoms with Crippen LogP contribution in [0.3, 0.4) is 0 Å². The minimum absolute atomic E-state index is 0.139. The molecule has 0 saturated carbocycles. The lowest BCUT2D eigenvalue weighted by Crippen LogP contribution is -2.22. The molecule has 0 bridgehead atoms. The Bertz CT molecular complexity index is 821. The zero-order chi connectivity index (χ0) is 18.4. The van der Waals surface area contributed by atoms with Crippen LogP contribution in [0.1, 0.15) is 10.4 Å². The van der Waals surface area contributed by atoms with Gasteiger partial charge in [0.2, 0.25) is 0 Å². The number of nitrogens with two attached hydrogens (primary N) is 1. The van der Waals surface area contributed by atoms with Gasteiger partial charge >= 0.3 is 0 Å². The molecule has 9 nitrogen and oxygen atoms in total. The number of non-ortho nitro benzene ring substituents is 1. The van der Waals surface area contributed by atoms with E-state index in [0.29, 0.717) is 0 Å². The van der Waals surface area contributed by atoms with Gasteiger partial charge in [-0.05, 0) is 18.2 Å². The standard InChI is InChI=1S/C16H15N3O6/c1-24-14-8-10(19(22)23)6-7-12(14)18-15(20)9-25-13-5-3-2-4-11(13)16(17)21/h2-8H,9H2,1H3,(H2,17,21)(H,18,20). The highest BCUT2D eigenvalue weighted by Crippen LogP contribution is 2.29. The van der Waals surface area contributed by atoms with E-state index >= 15 is 0 Å². The normalized spacial score (nSPS) is 9.96. The molecule has 0 spiro atoms. The Morgan fingerprint density at radius 2 is 1.92 bits per heavy atom. The van der Waals surface area contributed by atoms with E-state index in [1.165, 1.54) is 37.4 Å². The summed E-state index contributed by atoms with van der Waals surface area (Å²) in [6.45, 7) is -0.384. The summed E-state index contributed by atoms with van der Waals surface area (Å²) >= 11 is 0. The van der Waals surface area contributed by atoms with E-state index in [4.69, 9.17) is 15.2 Å². The molecule has 0 heterocycles. The number of ether oxygens (including phenoxy) is 2. The van der Waals surface area contributed by atoms with Crippen molar-refractivity contribution in [1.82, 2.24) is 0 Å². The monoisotopic (exact) mass is 345 g/mol. The lowest BCUT2D eigenvalue weighted by atomic mass is 10.2. The van der Waals surface area contributed by atoms with Crippen molar-refractivity contribution < 1.29 is 24.0 Å². The number of rotatable bonds is 7. The number of carbonyl (C=O) groups excluding carboxylic acids is 2. The van der Waals surface area contributed by atoms with Gasteiger partial charge in [0.15, 0.2) is 6.61 Å². The third-order valence-corrected chi connectivity index (χ3v) is 3.18. The molecule has 0 atom stereocenters. The molecule has 25 heavy (non-hydrogen) atoms. The maximum absolute atomic E-state index is 12.0. The maximum Gasteiger partial charge on any atom is 0.273 e. The molecular formula is C16H15N3O6. The van der Waals surface area contributed by atoms with Crippen molar-refractivity contribution in [3.05, 3.63) is 58.1 Å². The summed E-state index contributed by atoms with van der Waals surface area (Å²) in [5.41, 5.74) is 5.47. The van der Waals surface area contributed by atoms with E-state index in [0.717, 1.165) is 0 Å². The predicted molar refractivity (Wildman–Crippen MR) is 88.7 cm³/mol. The van der Waals surface area contributed by atoms with Gasteiger partial charge in [0, 0.05) is 6.07 Å². The second-order valence-electron chi connectivity index (χ2n) is 4.84. The van der Waals surface area contributed by atoms with E-state index < -0.39 is 16.7 Å². The van der Waals surface area contributed by atoms with E-state index in [1.807, 2.05) is 0 Å². The van der Waals surface area contributed by atoms with Crippen LogP contribution in [-0.4, -0.2) is 30.5 Å². The van der Waals surface area contributed by atoms with E-state index in [1.54, 1.807) is 12.1 Å². The first-order valence-corrected chi connectivity index (χ1v) is 7.06. The van der Waals surface area contributed by atoms with Gasteiger partial charge in [-0.2, -0.15) is 0 Å². The topological polar surface area (TPSA) is 134 Å². The average molecular weight is 345 g/mol. The van der Waals surface area contributed by atoms with Crippen molar-refractivity contribution in [3.63, 3.8) is 0 Å². The maximum atomic E-state index is 12.0. The lowest BCUT2D eigenvalue weighted by Gasteiger charge is -2.12. The molecule has 0 fully saturated rings. The van der Waals surface area contributed by atoms with Crippen LogP contribution in [0.4, 0.5) is 11.4 Å². The number of primary amides is 1. The van der Waals surface area contributed by atoms with Crippen LogP contribution in [0.5, 0.6) is 11.5 Å². The molecular weight excluding hydrogens is 330 g/mol. The summed E-state index contributed by atoms with van der Waals surface area (Å²) in [5, 5.41) is 13.3. The summed E-state index contributed by atoms with van der Waals surface area (Å²) in [7, 11) is 1.33. The molecule has 0 aromatic heterocycles. The molecule has 130 valence electrons. The fraction of sp³-hybridized carbons (Fsp3) is 0.125. The first kappa shape index (κ1) is 17.7. The van der Waals surface area contributed by atoms with E-state index in [-0.39, 0.29) is 35.0 Å². The van der Waals surface area contributed by atoms with Crippen LogP contribution in [-0.2, 0) is 4.79 Å². The fourth-order valence-electron chi connectivity index (χ4n) is 2.02. The summed E-state index contributed by atoms with van der Waals surface area (Å²) in [6, 6.07) is 10.0. The molecule has 0 saturated heterocycles. The fourth-order valence-corrected chi connectivity index (χ4v) is 2.02. The Balaban J connectivity index is 2.06. The Kier molecular flexibility index (Phi) is 5.51. The number of carbonyl (C=O) groups is 2. The number of hydrogen-bond donors (Lipinski definition) is 2. The Hall–Kier alpha value is -3.62. The highest BCUT2D eigenvalue weighted by molar-refractivity contribution is 5.96. The van der Waals surface area contributed by atoms with Crippen LogP contribution in [0.25, 0.3) is 0 Å². The molecule has 0 radical (unpaired) electrons. The van der Waals surface area contributed by atoms with Gasteiger partial charge < -0.3 is 20.5 Å². The Morgan fingerprint density at radius 1 is 1.20 bits per heavy atom. The van der Waals surface area contributed by atoms with Crippen molar-refractivity contribution >= 4 is 23.2 Å². The number of benzene rings is 2. The molecule has 0 aliphatic heterocycles. The predicted octanol–water partition coefficient (Wildman–Crippen LogP) is 1.72. The smallest absolute Gasteiger partial charge is 0.273 e. The molecule has 2 amide bonds. The van der Waals surface area contributed by atoms with Gasteiger partial charge in [0.25, 0.3) is 17.5 Å². The minimum atomic E-state index is -0.673. The number of amides is 2. The van der Waals surface area contributed by atoms with Gasteiger partial charge in [-0.25, -0.2) is 0 Å². The van der Waals surface area contributed by atoms with Gasteiger partial charge in [0.05, 0.1) is 29.4 Å². The molecule has 9 heteroatoms. The van der Waals surface area contributed by atoms with Gasteiger partial charge in [-0.1, -0.05) is 12.1 Å². The van der Waals surface area contributed by atoms with Crippen LogP contribution in [0, 0.1) is 10.1 Å². The number of anilines is 1. The molecule has 2 aromatic carbocycles. The third-order valence-electron chi connectivity index (χ3n) is 3.18. The molecule has 3 N–H and O–H groups in total.